The van der Waals surface area contributed by atoms with Crippen LogP contribution in [0.25, 0.3) is 10.9 Å². The number of nitrogens with zero attached hydrogens (tertiary/aromatic N) is 2. The molecule has 0 saturated carbocycles. The van der Waals surface area contributed by atoms with Crippen LogP contribution >= 0.6 is 0 Å². The number of methoxy groups -OCH3 is 2. The van der Waals surface area contributed by atoms with Gasteiger partial charge >= 0.3 is 0 Å². The van der Waals surface area contributed by atoms with E-state index in [4.69, 9.17) is 9.47 Å². The molecule has 2 aliphatic rings. The average Bonchev–Trinajstić information content (AvgIpc) is 3.31. The molecule has 2 heterocycles. The van der Waals surface area contributed by atoms with Crippen molar-refractivity contribution in [3.8, 4) is 11.5 Å². The van der Waals surface area contributed by atoms with Crippen molar-refractivity contribution in [2.75, 3.05) is 20.8 Å². The maximum Gasteiger partial charge on any atom is 0.250 e. The zero-order chi connectivity index (χ0) is 22.2. The minimum absolute atomic E-state index is 0.0315. The smallest absolute Gasteiger partial charge is 0.250 e. The van der Waals surface area contributed by atoms with Gasteiger partial charge in [-0.2, -0.15) is 0 Å². The Hall–Kier alpha value is -3.21. The minimum atomic E-state index is 0.0315. The van der Waals surface area contributed by atoms with Gasteiger partial charge in [0.25, 0.3) is 5.91 Å². The van der Waals surface area contributed by atoms with Crippen molar-refractivity contribution in [1.82, 2.24) is 9.47 Å². The van der Waals surface area contributed by atoms with E-state index in [1.165, 1.54) is 22.0 Å². The summed E-state index contributed by atoms with van der Waals surface area (Å²) in [6.45, 7) is 0.676. The van der Waals surface area contributed by atoms with Crippen molar-refractivity contribution in [2.24, 2.45) is 7.05 Å². The van der Waals surface area contributed by atoms with E-state index in [-0.39, 0.29) is 11.9 Å². The Bertz CT molecular complexity index is 1210. The lowest BCUT2D eigenvalue weighted by Crippen LogP contribution is -2.32. The summed E-state index contributed by atoms with van der Waals surface area (Å²) in [4.78, 5) is 15.6. The molecule has 0 saturated heterocycles. The number of hydrogen-bond donors (Lipinski definition) is 0. The molecule has 1 aliphatic heterocycles. The van der Waals surface area contributed by atoms with Crippen LogP contribution in [-0.4, -0.2) is 36.1 Å². The maximum atomic E-state index is 13.5. The Balaban J connectivity index is 1.50. The summed E-state index contributed by atoms with van der Waals surface area (Å²) in [7, 11) is 5.39. The summed E-state index contributed by atoms with van der Waals surface area (Å²) in [5, 5.41) is 1.24. The van der Waals surface area contributed by atoms with E-state index in [0.29, 0.717) is 6.54 Å². The number of amides is 1. The fourth-order valence-electron chi connectivity index (χ4n) is 5.42. The summed E-state index contributed by atoms with van der Waals surface area (Å²) < 4.78 is 13.0. The molecule has 5 nitrogen and oxygen atoms in total. The number of carbonyl (C=O) groups is 1. The normalized spacial score (nSPS) is 18.4. The molecule has 2 aromatic carbocycles. The van der Waals surface area contributed by atoms with Gasteiger partial charge in [0.15, 0.2) is 11.5 Å². The zero-order valence-electron chi connectivity index (χ0n) is 19.1. The lowest BCUT2D eigenvalue weighted by Gasteiger charge is -2.28. The molecule has 0 fully saturated rings. The van der Waals surface area contributed by atoms with Gasteiger partial charge in [0, 0.05) is 41.8 Å². The molecule has 0 bridgehead atoms. The molecule has 1 atom stereocenters. The number of ether oxygens (including phenoxy) is 2. The lowest BCUT2D eigenvalue weighted by atomic mass is 9.87. The predicted octanol–water partition coefficient (Wildman–Crippen LogP) is 5.19. The second-order valence-electron chi connectivity index (χ2n) is 8.76. The zero-order valence-corrected chi connectivity index (χ0v) is 19.1. The molecule has 1 aromatic heterocycles. The number of benzene rings is 2. The molecule has 5 heteroatoms. The molecule has 32 heavy (non-hydrogen) atoms. The van der Waals surface area contributed by atoms with Crippen LogP contribution < -0.4 is 9.47 Å². The summed E-state index contributed by atoms with van der Waals surface area (Å²) >= 11 is 0. The van der Waals surface area contributed by atoms with Crippen LogP contribution in [0.15, 0.2) is 59.8 Å². The number of fused-ring (bicyclic) bond motifs is 1. The van der Waals surface area contributed by atoms with Crippen molar-refractivity contribution in [2.45, 2.75) is 38.1 Å². The second kappa shape index (κ2) is 8.38. The van der Waals surface area contributed by atoms with Gasteiger partial charge in [0.2, 0.25) is 0 Å². The largest absolute Gasteiger partial charge is 0.493 e. The predicted molar refractivity (Wildman–Crippen MR) is 126 cm³/mol. The number of aryl methyl sites for hydroxylation is 1. The van der Waals surface area contributed by atoms with Crippen LogP contribution in [-0.2, 0) is 18.3 Å². The highest BCUT2D eigenvalue weighted by atomic mass is 16.5. The number of aromatic nitrogens is 1. The summed E-state index contributed by atoms with van der Waals surface area (Å²) in [5.74, 6) is 1.66. The van der Waals surface area contributed by atoms with Gasteiger partial charge in [-0.25, -0.2) is 0 Å². The molecule has 5 rings (SSSR count). The fraction of sp³-hybridized carbons (Fsp3) is 0.370. The van der Waals surface area contributed by atoms with Crippen molar-refractivity contribution in [3.63, 3.8) is 0 Å². The number of carbonyl (C=O) groups excluding carboxylic acids is 1. The Labute approximate surface area is 189 Å². The van der Waals surface area contributed by atoms with Gasteiger partial charge in [0.05, 0.1) is 20.3 Å². The number of hydrogen-bond acceptors (Lipinski definition) is 3. The highest BCUT2D eigenvalue weighted by Gasteiger charge is 2.41. The Morgan fingerprint density at radius 3 is 2.59 bits per heavy atom. The molecule has 0 spiro atoms. The standard InChI is InChI=1S/C27H30N2O3/c1-28-17-22(19-8-6-7-11-23(19)28)26-20-9-4-5-10-21(20)27(30)29(26)15-14-18-12-13-24(31-2)25(16-18)32-3/h6-8,11-13,16-17,26H,4-5,9-10,14-15H2,1-3H3/t26-/m0/s1. The monoisotopic (exact) mass is 430 g/mol. The highest BCUT2D eigenvalue weighted by Crippen LogP contribution is 2.46. The SMILES string of the molecule is COc1ccc(CCN2C(=O)C3=C(CCCC3)[C@H]2c2cn(C)c3ccccc23)cc1OC. The van der Waals surface area contributed by atoms with E-state index in [2.05, 4.69) is 53.0 Å². The van der Waals surface area contributed by atoms with Crippen molar-refractivity contribution >= 4 is 16.8 Å². The first kappa shape index (κ1) is 20.7. The Kier molecular flexibility index (Phi) is 5.41. The van der Waals surface area contributed by atoms with Crippen LogP contribution in [0.1, 0.15) is 42.9 Å². The van der Waals surface area contributed by atoms with E-state index in [1.54, 1.807) is 14.2 Å². The molecule has 1 amide bonds. The van der Waals surface area contributed by atoms with Crippen LogP contribution in [0.3, 0.4) is 0 Å². The van der Waals surface area contributed by atoms with Gasteiger partial charge in [-0.05, 0) is 61.4 Å². The first-order valence-electron chi connectivity index (χ1n) is 11.4. The molecule has 0 unspecified atom stereocenters. The van der Waals surface area contributed by atoms with Gasteiger partial charge in [0.1, 0.15) is 0 Å². The van der Waals surface area contributed by atoms with Gasteiger partial charge in [-0.1, -0.05) is 24.3 Å². The fourth-order valence-corrected chi connectivity index (χ4v) is 5.42. The summed E-state index contributed by atoms with van der Waals surface area (Å²) in [5.41, 5.74) is 5.98. The van der Waals surface area contributed by atoms with Crippen molar-refractivity contribution < 1.29 is 14.3 Å². The molecular weight excluding hydrogens is 400 g/mol. The van der Waals surface area contributed by atoms with Crippen LogP contribution in [0.2, 0.25) is 0 Å². The summed E-state index contributed by atoms with van der Waals surface area (Å²) in [6, 6.07) is 14.5. The number of rotatable bonds is 6. The molecule has 166 valence electrons. The molecular formula is C27H30N2O3. The van der Waals surface area contributed by atoms with Crippen LogP contribution in [0, 0.1) is 0 Å². The first-order valence-corrected chi connectivity index (χ1v) is 11.4. The Morgan fingerprint density at radius 2 is 1.78 bits per heavy atom. The van der Waals surface area contributed by atoms with Crippen LogP contribution in [0.4, 0.5) is 0 Å². The third-order valence-corrected chi connectivity index (χ3v) is 6.98. The van der Waals surface area contributed by atoms with E-state index < -0.39 is 0 Å². The van der Waals surface area contributed by atoms with E-state index in [9.17, 15) is 4.79 Å². The highest BCUT2D eigenvalue weighted by molar-refractivity contribution is 5.99. The van der Waals surface area contributed by atoms with Gasteiger partial charge < -0.3 is 18.9 Å². The third kappa shape index (κ3) is 3.36. The topological polar surface area (TPSA) is 43.7 Å². The van der Waals surface area contributed by atoms with Crippen LogP contribution in [0.5, 0.6) is 11.5 Å². The number of para-hydroxylation sites is 1. The summed E-state index contributed by atoms with van der Waals surface area (Å²) in [6.07, 6.45) is 7.18. The minimum Gasteiger partial charge on any atom is -0.493 e. The van der Waals surface area contributed by atoms with Crippen molar-refractivity contribution in [3.05, 3.63) is 70.9 Å². The average molecular weight is 431 g/mol. The van der Waals surface area contributed by atoms with E-state index >= 15 is 0 Å². The Morgan fingerprint density at radius 1 is 1.00 bits per heavy atom. The molecule has 3 aromatic rings. The lowest BCUT2D eigenvalue weighted by molar-refractivity contribution is -0.127. The van der Waals surface area contributed by atoms with E-state index in [1.807, 2.05) is 12.1 Å². The maximum absolute atomic E-state index is 13.5. The molecule has 0 N–H and O–H groups in total. The van der Waals surface area contributed by atoms with E-state index in [0.717, 1.165) is 54.7 Å². The molecule has 0 radical (unpaired) electrons. The second-order valence-corrected chi connectivity index (χ2v) is 8.76. The quantitative estimate of drug-likeness (QED) is 0.540. The third-order valence-electron chi connectivity index (χ3n) is 6.98. The molecule has 1 aliphatic carbocycles. The van der Waals surface area contributed by atoms with Gasteiger partial charge in [-0.3, -0.25) is 4.79 Å². The van der Waals surface area contributed by atoms with Gasteiger partial charge in [-0.15, -0.1) is 0 Å². The first-order chi connectivity index (χ1) is 15.6. The van der Waals surface area contributed by atoms with Crippen molar-refractivity contribution in [1.29, 1.82) is 0 Å².